The summed E-state index contributed by atoms with van der Waals surface area (Å²) >= 11 is 0. The van der Waals surface area contributed by atoms with Gasteiger partial charge in [0.2, 0.25) is 11.7 Å². The molecule has 2 amide bonds. The van der Waals surface area contributed by atoms with Crippen molar-refractivity contribution < 1.29 is 24.4 Å². The Morgan fingerprint density at radius 2 is 2.10 bits per heavy atom. The van der Waals surface area contributed by atoms with Gasteiger partial charge in [-0.2, -0.15) is 5.10 Å². The van der Waals surface area contributed by atoms with Crippen LogP contribution in [0.1, 0.15) is 17.0 Å². The standard InChI is InChI=1S/C19H18N4O6/c1-29-15-8-11(7-14(17(15)24)23(27)28)9-21-22-19(26)16-13(10-20-18(16)25)12-5-3-2-4-6-12/h2-9,13,16,24H,10H2,1H3,(H,20,25)(H,22,26)/b21-9-. The molecule has 3 N–H and O–H groups in total. The Balaban J connectivity index is 1.76. The number of methoxy groups -OCH3 is 1. The third-order valence-electron chi connectivity index (χ3n) is 4.57. The third kappa shape index (κ3) is 4.15. The highest BCUT2D eigenvalue weighted by molar-refractivity contribution is 6.03. The van der Waals surface area contributed by atoms with Gasteiger partial charge in [-0.15, -0.1) is 0 Å². The molecular formula is C19H18N4O6. The van der Waals surface area contributed by atoms with Crippen LogP contribution >= 0.6 is 0 Å². The molecule has 1 heterocycles. The monoisotopic (exact) mass is 398 g/mol. The second kappa shape index (κ2) is 8.38. The van der Waals surface area contributed by atoms with Crippen molar-refractivity contribution in [2.45, 2.75) is 5.92 Å². The van der Waals surface area contributed by atoms with Crippen molar-refractivity contribution in [3.8, 4) is 11.5 Å². The molecule has 2 unspecified atom stereocenters. The molecule has 1 aliphatic rings. The van der Waals surface area contributed by atoms with Crippen molar-refractivity contribution in [1.82, 2.24) is 10.7 Å². The van der Waals surface area contributed by atoms with Crippen LogP contribution in [-0.2, 0) is 9.59 Å². The zero-order valence-corrected chi connectivity index (χ0v) is 15.4. The molecule has 0 bridgehead atoms. The number of carbonyl (C=O) groups excluding carboxylic acids is 2. The van der Waals surface area contributed by atoms with E-state index in [2.05, 4.69) is 15.8 Å². The average Bonchev–Trinajstić information content (AvgIpc) is 3.10. The molecule has 3 rings (SSSR count). The van der Waals surface area contributed by atoms with Gasteiger partial charge < -0.3 is 15.2 Å². The number of aromatic hydroxyl groups is 1. The average molecular weight is 398 g/mol. The lowest BCUT2D eigenvalue weighted by Gasteiger charge is -2.15. The van der Waals surface area contributed by atoms with Crippen molar-refractivity contribution in [2.75, 3.05) is 13.7 Å². The number of ether oxygens (including phenoxy) is 1. The first-order chi connectivity index (χ1) is 13.9. The van der Waals surface area contributed by atoms with E-state index >= 15 is 0 Å². The van der Waals surface area contributed by atoms with Gasteiger partial charge in [0.05, 0.1) is 18.2 Å². The number of nitrogens with one attached hydrogen (secondary N) is 2. The van der Waals surface area contributed by atoms with Crippen LogP contribution < -0.4 is 15.5 Å². The molecule has 0 aliphatic carbocycles. The van der Waals surface area contributed by atoms with Crippen LogP contribution in [0.2, 0.25) is 0 Å². The minimum absolute atomic E-state index is 0.105. The first kappa shape index (κ1) is 19.8. The molecule has 1 aliphatic heterocycles. The topological polar surface area (TPSA) is 143 Å². The van der Waals surface area contributed by atoms with E-state index in [4.69, 9.17) is 4.74 Å². The van der Waals surface area contributed by atoms with Crippen LogP contribution in [0.3, 0.4) is 0 Å². The molecule has 1 saturated heterocycles. The van der Waals surface area contributed by atoms with Crippen molar-refractivity contribution in [1.29, 1.82) is 0 Å². The lowest BCUT2D eigenvalue weighted by molar-refractivity contribution is -0.386. The molecule has 29 heavy (non-hydrogen) atoms. The predicted octanol–water partition coefficient (Wildman–Crippen LogP) is 1.29. The molecule has 10 nitrogen and oxygen atoms in total. The first-order valence-electron chi connectivity index (χ1n) is 8.63. The number of hydrogen-bond donors (Lipinski definition) is 3. The summed E-state index contributed by atoms with van der Waals surface area (Å²) < 4.78 is 4.91. The van der Waals surface area contributed by atoms with Crippen molar-refractivity contribution in [3.05, 3.63) is 63.7 Å². The zero-order chi connectivity index (χ0) is 21.0. The van der Waals surface area contributed by atoms with Crippen LogP contribution in [0, 0.1) is 16.0 Å². The highest BCUT2D eigenvalue weighted by Crippen LogP contribution is 2.36. The molecule has 150 valence electrons. The lowest BCUT2D eigenvalue weighted by Crippen LogP contribution is -2.34. The zero-order valence-electron chi connectivity index (χ0n) is 15.4. The number of rotatable bonds is 6. The van der Waals surface area contributed by atoms with Gasteiger partial charge in [-0.05, 0) is 11.6 Å². The molecular weight excluding hydrogens is 380 g/mol. The van der Waals surface area contributed by atoms with E-state index in [0.717, 1.165) is 17.8 Å². The number of hydrazone groups is 1. The first-order valence-corrected chi connectivity index (χ1v) is 8.63. The lowest BCUT2D eigenvalue weighted by atomic mass is 9.88. The fourth-order valence-corrected chi connectivity index (χ4v) is 3.16. The minimum atomic E-state index is -0.946. The van der Waals surface area contributed by atoms with Crippen LogP contribution in [0.4, 0.5) is 5.69 Å². The summed E-state index contributed by atoms with van der Waals surface area (Å²) in [5, 5.41) is 27.3. The summed E-state index contributed by atoms with van der Waals surface area (Å²) in [6.07, 6.45) is 1.16. The number of phenols is 1. The number of nitro benzene ring substituents is 1. The van der Waals surface area contributed by atoms with Gasteiger partial charge in [0.25, 0.3) is 5.91 Å². The number of phenolic OH excluding ortho intramolecular Hbond substituents is 1. The van der Waals surface area contributed by atoms with E-state index in [-0.39, 0.29) is 17.2 Å². The Morgan fingerprint density at radius 1 is 1.38 bits per heavy atom. The summed E-state index contributed by atoms with van der Waals surface area (Å²) in [6, 6.07) is 11.6. The Kier molecular flexibility index (Phi) is 5.72. The molecule has 0 spiro atoms. The Morgan fingerprint density at radius 3 is 2.76 bits per heavy atom. The normalized spacial score (nSPS) is 18.4. The summed E-state index contributed by atoms with van der Waals surface area (Å²) in [4.78, 5) is 34.9. The maximum absolute atomic E-state index is 12.5. The molecule has 2 aromatic rings. The Hall–Kier alpha value is -3.95. The van der Waals surface area contributed by atoms with Gasteiger partial charge in [0.1, 0.15) is 5.92 Å². The number of benzene rings is 2. The van der Waals surface area contributed by atoms with Gasteiger partial charge in [-0.1, -0.05) is 30.3 Å². The second-order valence-electron chi connectivity index (χ2n) is 6.32. The van der Waals surface area contributed by atoms with E-state index in [1.165, 1.54) is 13.2 Å². The maximum Gasteiger partial charge on any atom is 0.315 e. The fourth-order valence-electron chi connectivity index (χ4n) is 3.16. The van der Waals surface area contributed by atoms with Gasteiger partial charge in [-0.25, -0.2) is 5.43 Å². The number of nitro groups is 1. The van der Waals surface area contributed by atoms with E-state index in [0.29, 0.717) is 6.54 Å². The van der Waals surface area contributed by atoms with E-state index in [1.807, 2.05) is 30.3 Å². The SMILES string of the molecule is COc1cc(/C=N\NC(=O)C2C(=O)NCC2c2ccccc2)cc([N+](=O)[O-])c1O. The van der Waals surface area contributed by atoms with E-state index in [1.54, 1.807) is 0 Å². The molecule has 0 aromatic heterocycles. The van der Waals surface area contributed by atoms with E-state index < -0.39 is 34.1 Å². The van der Waals surface area contributed by atoms with Gasteiger partial charge >= 0.3 is 5.69 Å². The van der Waals surface area contributed by atoms with Crippen molar-refractivity contribution in [3.63, 3.8) is 0 Å². The maximum atomic E-state index is 12.5. The van der Waals surface area contributed by atoms with Crippen molar-refractivity contribution in [2.24, 2.45) is 11.0 Å². The van der Waals surface area contributed by atoms with Gasteiger partial charge in [0, 0.05) is 24.1 Å². The number of amides is 2. The van der Waals surface area contributed by atoms with Crippen molar-refractivity contribution >= 4 is 23.7 Å². The Bertz CT molecular complexity index is 976. The molecule has 2 aromatic carbocycles. The molecule has 1 fully saturated rings. The number of hydrogen-bond acceptors (Lipinski definition) is 7. The number of nitrogens with zero attached hydrogens (tertiary/aromatic N) is 2. The highest BCUT2D eigenvalue weighted by atomic mass is 16.6. The molecule has 2 atom stereocenters. The molecule has 0 radical (unpaired) electrons. The van der Waals surface area contributed by atoms with E-state index in [9.17, 15) is 24.8 Å². The Labute approximate surface area is 165 Å². The van der Waals surface area contributed by atoms with Gasteiger partial charge in [-0.3, -0.25) is 19.7 Å². The smallest absolute Gasteiger partial charge is 0.315 e. The van der Waals surface area contributed by atoms with Crippen LogP contribution in [0.15, 0.2) is 47.6 Å². The summed E-state index contributed by atoms with van der Waals surface area (Å²) in [7, 11) is 1.25. The second-order valence-corrected chi connectivity index (χ2v) is 6.32. The highest BCUT2D eigenvalue weighted by Gasteiger charge is 2.40. The van der Waals surface area contributed by atoms with Crippen LogP contribution in [0.25, 0.3) is 0 Å². The summed E-state index contributed by atoms with van der Waals surface area (Å²) in [5.41, 5.74) is 2.82. The van der Waals surface area contributed by atoms with Crippen LogP contribution in [0.5, 0.6) is 11.5 Å². The third-order valence-corrected chi connectivity index (χ3v) is 4.57. The van der Waals surface area contributed by atoms with Crippen LogP contribution in [-0.4, -0.2) is 41.7 Å². The predicted molar refractivity (Wildman–Crippen MR) is 103 cm³/mol. The molecule has 0 saturated carbocycles. The fraction of sp³-hybridized carbons (Fsp3) is 0.211. The summed E-state index contributed by atoms with van der Waals surface area (Å²) in [6.45, 7) is 0.339. The minimum Gasteiger partial charge on any atom is -0.500 e. The van der Waals surface area contributed by atoms with Gasteiger partial charge in [0.15, 0.2) is 5.75 Å². The summed E-state index contributed by atoms with van der Waals surface area (Å²) in [5.74, 6) is -2.97. The molecule has 10 heteroatoms. The quantitative estimate of drug-likeness (QED) is 0.290. The number of carbonyl (C=O) groups is 2. The largest absolute Gasteiger partial charge is 0.500 e.